The number of alkyl halides is 4. The summed E-state index contributed by atoms with van der Waals surface area (Å²) in [5.41, 5.74) is 1.48. The predicted octanol–water partition coefficient (Wildman–Crippen LogP) is 6.56. The van der Waals surface area contributed by atoms with Gasteiger partial charge in [-0.15, -0.1) is 0 Å². The number of hydrogen-bond donors (Lipinski definition) is 2. The number of rotatable bonds is 9. The molecule has 6 nitrogen and oxygen atoms in total. The standard InChI is InChI=1S/C32H29F4N3O3/c1-30(2,33)16-26(28(40)39-31(18-37)13-14-31)38-27(32(34,35)36)22-9-7-20(8-10-22)19-3-5-21(6-4-19)23-11-12-25-24(15-23)17-42-29(25)41/h3-12,15,26-27,38H,13-14,16-17H2,1-2H3,(H,39,40)/t26-,27-/m0/s1. The van der Waals surface area contributed by atoms with Gasteiger partial charge in [0.1, 0.15) is 23.9 Å². The van der Waals surface area contributed by atoms with Crippen LogP contribution in [0.25, 0.3) is 22.3 Å². The van der Waals surface area contributed by atoms with E-state index in [1.165, 1.54) is 26.0 Å². The third kappa shape index (κ3) is 6.47. The van der Waals surface area contributed by atoms with Crippen molar-refractivity contribution in [2.24, 2.45) is 0 Å². The Labute approximate surface area is 240 Å². The maximum absolute atomic E-state index is 14.5. The topological polar surface area (TPSA) is 91.2 Å². The zero-order chi connectivity index (χ0) is 30.3. The van der Waals surface area contributed by atoms with E-state index in [1.807, 2.05) is 42.5 Å². The van der Waals surface area contributed by atoms with Crippen molar-refractivity contribution >= 4 is 11.9 Å². The Kier molecular flexibility index (Phi) is 7.58. The molecule has 3 aromatic rings. The summed E-state index contributed by atoms with van der Waals surface area (Å²) in [5.74, 6) is -1.18. The molecule has 1 saturated carbocycles. The number of nitrogens with zero attached hydrogens (tertiary/aromatic N) is 1. The van der Waals surface area contributed by atoms with Crippen molar-refractivity contribution in [3.05, 3.63) is 83.4 Å². The highest BCUT2D eigenvalue weighted by Crippen LogP contribution is 2.37. The molecule has 2 aliphatic rings. The molecule has 1 fully saturated rings. The Morgan fingerprint density at radius 2 is 1.50 bits per heavy atom. The van der Waals surface area contributed by atoms with Crippen molar-refractivity contribution in [2.45, 2.75) is 69.2 Å². The van der Waals surface area contributed by atoms with Gasteiger partial charge in [0.2, 0.25) is 5.91 Å². The van der Waals surface area contributed by atoms with Crippen LogP contribution in [0.1, 0.15) is 60.6 Å². The number of esters is 1. The van der Waals surface area contributed by atoms with Crippen LogP contribution in [0, 0.1) is 11.3 Å². The highest BCUT2D eigenvalue weighted by Gasteiger charge is 2.48. The number of carbonyl (C=O) groups is 2. The van der Waals surface area contributed by atoms with Gasteiger partial charge < -0.3 is 10.1 Å². The van der Waals surface area contributed by atoms with Crippen LogP contribution in [0.4, 0.5) is 17.6 Å². The number of nitriles is 1. The maximum Gasteiger partial charge on any atom is 0.407 e. The van der Waals surface area contributed by atoms with Crippen LogP contribution in [-0.4, -0.2) is 35.3 Å². The first-order valence-electron chi connectivity index (χ1n) is 13.5. The SMILES string of the molecule is CC(C)(F)C[C@H](N[C@@H](c1ccc(-c2ccc(-c3ccc4c(c3)COC4=O)cc2)cc1)C(F)(F)F)C(=O)NC1(C#N)CC1. The number of benzene rings is 3. The van der Waals surface area contributed by atoms with E-state index in [1.54, 1.807) is 18.2 Å². The summed E-state index contributed by atoms with van der Waals surface area (Å²) in [6.45, 7) is 2.61. The molecule has 1 aliphatic heterocycles. The fraction of sp³-hybridized carbons (Fsp3) is 0.344. The van der Waals surface area contributed by atoms with Gasteiger partial charge in [-0.3, -0.25) is 10.1 Å². The molecule has 42 heavy (non-hydrogen) atoms. The molecule has 1 heterocycles. The molecule has 0 radical (unpaired) electrons. The largest absolute Gasteiger partial charge is 0.457 e. The van der Waals surface area contributed by atoms with Crippen LogP contribution in [0.15, 0.2) is 66.7 Å². The van der Waals surface area contributed by atoms with E-state index in [9.17, 15) is 32.4 Å². The molecule has 0 unspecified atom stereocenters. The summed E-state index contributed by atoms with van der Waals surface area (Å²) in [7, 11) is 0. The number of cyclic esters (lactones) is 1. The van der Waals surface area contributed by atoms with Gasteiger partial charge in [-0.2, -0.15) is 18.4 Å². The van der Waals surface area contributed by atoms with Crippen molar-refractivity contribution < 1.29 is 31.9 Å². The fourth-order valence-corrected chi connectivity index (χ4v) is 5.04. The summed E-state index contributed by atoms with van der Waals surface area (Å²) < 4.78 is 62.3. The predicted molar refractivity (Wildman–Crippen MR) is 148 cm³/mol. The van der Waals surface area contributed by atoms with Crippen molar-refractivity contribution in [3.8, 4) is 28.3 Å². The summed E-state index contributed by atoms with van der Waals surface area (Å²) in [4.78, 5) is 24.6. The van der Waals surface area contributed by atoms with E-state index in [2.05, 4.69) is 10.6 Å². The minimum Gasteiger partial charge on any atom is -0.457 e. The van der Waals surface area contributed by atoms with Gasteiger partial charge in [-0.25, -0.2) is 9.18 Å². The summed E-state index contributed by atoms with van der Waals surface area (Å²) in [6, 6.07) is 17.0. The third-order valence-electron chi connectivity index (χ3n) is 7.51. The highest BCUT2D eigenvalue weighted by molar-refractivity contribution is 5.94. The van der Waals surface area contributed by atoms with Crippen LogP contribution < -0.4 is 10.6 Å². The van der Waals surface area contributed by atoms with E-state index < -0.39 is 41.8 Å². The van der Waals surface area contributed by atoms with Crippen LogP contribution >= 0.6 is 0 Å². The summed E-state index contributed by atoms with van der Waals surface area (Å²) in [6.07, 6.45) is -4.49. The molecule has 3 aromatic carbocycles. The second kappa shape index (κ2) is 10.9. The molecule has 2 N–H and O–H groups in total. The zero-order valence-corrected chi connectivity index (χ0v) is 23.0. The second-order valence-electron chi connectivity index (χ2n) is 11.4. The summed E-state index contributed by atoms with van der Waals surface area (Å²) in [5, 5.41) is 14.1. The molecule has 0 aromatic heterocycles. The van der Waals surface area contributed by atoms with E-state index >= 15 is 0 Å². The van der Waals surface area contributed by atoms with Gasteiger partial charge in [0.25, 0.3) is 0 Å². The van der Waals surface area contributed by atoms with Crippen LogP contribution in [0.2, 0.25) is 0 Å². The lowest BCUT2D eigenvalue weighted by atomic mass is 9.95. The first kappa shape index (κ1) is 29.3. The Hall–Kier alpha value is -4.23. The quantitative estimate of drug-likeness (QED) is 0.221. The molecule has 5 rings (SSSR count). The van der Waals surface area contributed by atoms with Crippen molar-refractivity contribution in [2.75, 3.05) is 0 Å². The van der Waals surface area contributed by atoms with E-state index in [4.69, 9.17) is 4.74 Å². The lowest BCUT2D eigenvalue weighted by molar-refractivity contribution is -0.161. The molecular weight excluding hydrogens is 550 g/mol. The molecule has 0 saturated heterocycles. The van der Waals surface area contributed by atoms with Gasteiger partial charge in [0, 0.05) is 12.0 Å². The van der Waals surface area contributed by atoms with Crippen molar-refractivity contribution in [1.82, 2.24) is 10.6 Å². The lowest BCUT2D eigenvalue weighted by Crippen LogP contribution is -2.53. The van der Waals surface area contributed by atoms with E-state index in [0.717, 1.165) is 22.3 Å². The van der Waals surface area contributed by atoms with Gasteiger partial charge >= 0.3 is 12.1 Å². The number of amides is 1. The number of hydrogen-bond acceptors (Lipinski definition) is 5. The van der Waals surface area contributed by atoms with Gasteiger partial charge in [-0.1, -0.05) is 54.6 Å². The van der Waals surface area contributed by atoms with Crippen molar-refractivity contribution in [1.29, 1.82) is 5.26 Å². The Balaban J connectivity index is 1.34. The molecule has 2 atom stereocenters. The normalized spacial score (nSPS) is 17.0. The minimum atomic E-state index is -4.78. The summed E-state index contributed by atoms with van der Waals surface area (Å²) >= 11 is 0. The van der Waals surface area contributed by atoms with Gasteiger partial charge in [-0.05, 0) is 66.6 Å². The van der Waals surface area contributed by atoms with Crippen LogP contribution in [0.5, 0.6) is 0 Å². The molecular formula is C32H29F4N3O3. The zero-order valence-electron chi connectivity index (χ0n) is 23.0. The number of carbonyl (C=O) groups excluding carboxylic acids is 2. The number of ether oxygens (including phenoxy) is 1. The Morgan fingerprint density at radius 3 is 2.02 bits per heavy atom. The van der Waals surface area contributed by atoms with E-state index in [-0.39, 0.29) is 18.1 Å². The van der Waals surface area contributed by atoms with Crippen LogP contribution in [0.3, 0.4) is 0 Å². The highest BCUT2D eigenvalue weighted by atomic mass is 19.4. The Morgan fingerprint density at radius 1 is 0.952 bits per heavy atom. The maximum atomic E-state index is 14.5. The third-order valence-corrected chi connectivity index (χ3v) is 7.51. The second-order valence-corrected chi connectivity index (χ2v) is 11.4. The first-order valence-corrected chi connectivity index (χ1v) is 13.5. The molecule has 1 amide bonds. The van der Waals surface area contributed by atoms with Gasteiger partial charge in [0.15, 0.2) is 0 Å². The molecule has 10 heteroatoms. The smallest absolute Gasteiger partial charge is 0.407 e. The molecule has 0 spiro atoms. The van der Waals surface area contributed by atoms with E-state index in [0.29, 0.717) is 24.0 Å². The lowest BCUT2D eigenvalue weighted by Gasteiger charge is -2.30. The molecule has 0 bridgehead atoms. The number of halogens is 4. The fourth-order valence-electron chi connectivity index (χ4n) is 5.04. The number of fused-ring (bicyclic) bond motifs is 1. The monoisotopic (exact) mass is 579 g/mol. The minimum absolute atomic E-state index is 0.131. The average Bonchev–Trinajstić information content (AvgIpc) is 3.62. The average molecular weight is 580 g/mol. The number of nitrogens with one attached hydrogen (secondary N) is 2. The van der Waals surface area contributed by atoms with Gasteiger partial charge in [0.05, 0.1) is 17.7 Å². The molecule has 218 valence electrons. The van der Waals surface area contributed by atoms with Crippen molar-refractivity contribution in [3.63, 3.8) is 0 Å². The Bertz CT molecular complexity index is 1530. The first-order chi connectivity index (χ1) is 19.8. The van der Waals surface area contributed by atoms with Crippen LogP contribution in [-0.2, 0) is 16.1 Å². The molecule has 1 aliphatic carbocycles.